The Morgan fingerprint density at radius 3 is 2.58 bits per heavy atom. The third-order valence-corrected chi connectivity index (χ3v) is 2.09. The molecule has 1 unspecified atom stereocenters. The predicted molar refractivity (Wildman–Crippen MR) is 62.8 cm³/mol. The lowest BCUT2D eigenvalue weighted by atomic mass is 10.2. The van der Waals surface area contributed by atoms with Crippen molar-refractivity contribution in [2.45, 2.75) is 45.4 Å². The van der Waals surface area contributed by atoms with E-state index in [1.165, 1.54) is 6.92 Å². The molecule has 1 saturated heterocycles. The lowest BCUT2D eigenvalue weighted by Crippen LogP contribution is -2.48. The van der Waals surface area contributed by atoms with Gasteiger partial charge < -0.3 is 14.8 Å². The van der Waals surface area contributed by atoms with Gasteiger partial charge in [-0.05, 0) is 20.8 Å². The molecule has 2 amide bonds. The average molecular weight is 274 g/mol. The maximum Gasteiger partial charge on any atom is 0.408 e. The molecule has 0 aliphatic carbocycles. The van der Waals surface area contributed by atoms with Crippen LogP contribution in [-0.4, -0.2) is 42.3 Å². The number of ether oxygens (including phenoxy) is 2. The molecule has 1 fully saturated rings. The molecule has 1 rings (SSSR count). The Kier molecular flexibility index (Phi) is 4.71. The number of rotatable bonds is 3. The Balaban J connectivity index is 2.55. The number of carbonyl (C=O) groups excluding carboxylic acids is 3. The summed E-state index contributed by atoms with van der Waals surface area (Å²) in [6.45, 7) is 6.20. The molecule has 19 heavy (non-hydrogen) atoms. The summed E-state index contributed by atoms with van der Waals surface area (Å²) in [6, 6.07) is -0.964. The fourth-order valence-corrected chi connectivity index (χ4v) is 1.36. The van der Waals surface area contributed by atoms with Crippen LogP contribution in [0.1, 0.15) is 27.7 Å². The highest BCUT2D eigenvalue weighted by molar-refractivity contribution is 5.87. The molecule has 0 saturated carbocycles. The summed E-state index contributed by atoms with van der Waals surface area (Å²) in [5, 5.41) is 2.37. The molecule has 0 spiro atoms. The van der Waals surface area contributed by atoms with Crippen molar-refractivity contribution in [3.63, 3.8) is 0 Å². The van der Waals surface area contributed by atoms with Crippen molar-refractivity contribution in [2.75, 3.05) is 6.61 Å². The van der Waals surface area contributed by atoms with E-state index < -0.39 is 35.7 Å². The van der Waals surface area contributed by atoms with Crippen LogP contribution in [0.25, 0.3) is 0 Å². The largest absolute Gasteiger partial charge is 0.463 e. The first-order valence-corrected chi connectivity index (χ1v) is 5.77. The van der Waals surface area contributed by atoms with Crippen molar-refractivity contribution in [1.82, 2.24) is 10.8 Å². The molecule has 1 heterocycles. The van der Waals surface area contributed by atoms with Gasteiger partial charge in [0.1, 0.15) is 24.4 Å². The first-order valence-electron chi connectivity index (χ1n) is 5.77. The van der Waals surface area contributed by atoms with E-state index in [-0.39, 0.29) is 6.61 Å². The summed E-state index contributed by atoms with van der Waals surface area (Å²) < 4.78 is 9.77. The van der Waals surface area contributed by atoms with E-state index in [4.69, 9.17) is 14.3 Å². The third-order valence-electron chi connectivity index (χ3n) is 2.09. The summed E-state index contributed by atoms with van der Waals surface area (Å²) in [7, 11) is 0. The average Bonchev–Trinajstić information content (AvgIpc) is 2.55. The molecule has 0 aromatic rings. The summed E-state index contributed by atoms with van der Waals surface area (Å²) in [6.07, 6.45) is -1.53. The Morgan fingerprint density at radius 1 is 1.42 bits per heavy atom. The first kappa shape index (κ1) is 15.2. The van der Waals surface area contributed by atoms with Crippen molar-refractivity contribution >= 4 is 18.0 Å². The van der Waals surface area contributed by atoms with Crippen molar-refractivity contribution in [1.29, 1.82) is 0 Å². The third kappa shape index (κ3) is 5.12. The molecule has 0 aromatic heterocycles. The lowest BCUT2D eigenvalue weighted by Gasteiger charge is -2.22. The second kappa shape index (κ2) is 5.87. The number of alkyl carbamates (subject to hydrolysis) is 1. The summed E-state index contributed by atoms with van der Waals surface area (Å²) in [4.78, 5) is 38.7. The summed E-state index contributed by atoms with van der Waals surface area (Å²) in [5.41, 5.74) is 1.44. The molecule has 8 nitrogen and oxygen atoms in total. The summed E-state index contributed by atoms with van der Waals surface area (Å²) >= 11 is 0. The quantitative estimate of drug-likeness (QED) is 0.695. The van der Waals surface area contributed by atoms with Gasteiger partial charge in [0, 0.05) is 6.92 Å². The van der Waals surface area contributed by atoms with Crippen LogP contribution in [0.3, 0.4) is 0 Å². The topological polar surface area (TPSA) is 103 Å². The first-order chi connectivity index (χ1) is 8.69. The van der Waals surface area contributed by atoms with E-state index in [9.17, 15) is 14.4 Å². The number of nitrogens with one attached hydrogen (secondary N) is 2. The summed E-state index contributed by atoms with van der Waals surface area (Å²) in [5.74, 6) is -1.03. The monoisotopic (exact) mass is 274 g/mol. The molecule has 2 atom stereocenters. The van der Waals surface area contributed by atoms with Gasteiger partial charge in [-0.1, -0.05) is 0 Å². The Labute approximate surface area is 110 Å². The molecule has 2 N–H and O–H groups in total. The van der Waals surface area contributed by atoms with Crippen LogP contribution in [0.5, 0.6) is 0 Å². The van der Waals surface area contributed by atoms with E-state index in [1.54, 1.807) is 20.8 Å². The molecule has 1 aliphatic rings. The van der Waals surface area contributed by atoms with Crippen LogP contribution in [0, 0.1) is 0 Å². The molecular formula is C11H18N2O6. The Morgan fingerprint density at radius 2 is 2.05 bits per heavy atom. The minimum Gasteiger partial charge on any atom is -0.463 e. The zero-order chi connectivity index (χ0) is 14.6. The number of hydrogen-bond donors (Lipinski definition) is 2. The van der Waals surface area contributed by atoms with E-state index in [1.807, 2.05) is 0 Å². The van der Waals surface area contributed by atoms with Gasteiger partial charge in [-0.15, -0.1) is 0 Å². The second-order valence-electron chi connectivity index (χ2n) is 5.05. The van der Waals surface area contributed by atoms with Crippen LogP contribution >= 0.6 is 0 Å². The van der Waals surface area contributed by atoms with Gasteiger partial charge >= 0.3 is 12.1 Å². The van der Waals surface area contributed by atoms with E-state index in [0.717, 1.165) is 0 Å². The zero-order valence-corrected chi connectivity index (χ0v) is 11.3. The maximum absolute atomic E-state index is 11.6. The van der Waals surface area contributed by atoms with Crippen molar-refractivity contribution in [3.8, 4) is 0 Å². The molecular weight excluding hydrogens is 256 g/mol. The van der Waals surface area contributed by atoms with E-state index >= 15 is 0 Å². The van der Waals surface area contributed by atoms with E-state index in [0.29, 0.717) is 0 Å². The standard InChI is InChI=1S/C11H18N2O6/c1-6(14)17-5-7-8(9(15)13-19-7)12-10(16)18-11(2,3)4/h7-8H,5H2,1-4H3,(H,12,16)(H,13,15)/t7?,8-/m0/s1. The highest BCUT2D eigenvalue weighted by atomic mass is 16.7. The maximum atomic E-state index is 11.6. The molecule has 0 radical (unpaired) electrons. The smallest absolute Gasteiger partial charge is 0.408 e. The highest BCUT2D eigenvalue weighted by Crippen LogP contribution is 2.10. The normalized spacial score (nSPS) is 22.6. The van der Waals surface area contributed by atoms with Crippen molar-refractivity contribution in [2.24, 2.45) is 0 Å². The van der Waals surface area contributed by atoms with E-state index in [2.05, 4.69) is 10.8 Å². The van der Waals surface area contributed by atoms with Crippen LogP contribution in [0.15, 0.2) is 0 Å². The van der Waals surface area contributed by atoms with Gasteiger partial charge in [-0.2, -0.15) is 0 Å². The number of carbonyl (C=O) groups is 3. The number of hydroxylamine groups is 1. The van der Waals surface area contributed by atoms with Gasteiger partial charge in [-0.25, -0.2) is 10.3 Å². The second-order valence-corrected chi connectivity index (χ2v) is 5.05. The van der Waals surface area contributed by atoms with Crippen LogP contribution in [-0.2, 0) is 23.9 Å². The fourth-order valence-electron chi connectivity index (χ4n) is 1.36. The molecule has 8 heteroatoms. The zero-order valence-electron chi connectivity index (χ0n) is 11.3. The highest BCUT2D eigenvalue weighted by Gasteiger charge is 2.39. The van der Waals surface area contributed by atoms with Gasteiger partial charge in [0.25, 0.3) is 5.91 Å². The number of hydrogen-bond acceptors (Lipinski definition) is 6. The minimum absolute atomic E-state index is 0.144. The van der Waals surface area contributed by atoms with Gasteiger partial charge in [0.2, 0.25) is 0 Å². The fraction of sp³-hybridized carbons (Fsp3) is 0.727. The van der Waals surface area contributed by atoms with Gasteiger partial charge in [-0.3, -0.25) is 14.4 Å². The lowest BCUT2D eigenvalue weighted by molar-refractivity contribution is -0.145. The number of esters is 1. The van der Waals surface area contributed by atoms with Crippen LogP contribution in [0.2, 0.25) is 0 Å². The number of amides is 2. The Bertz CT molecular complexity index is 376. The van der Waals surface area contributed by atoms with Crippen LogP contribution < -0.4 is 10.8 Å². The molecule has 108 valence electrons. The molecule has 0 aromatic carbocycles. The minimum atomic E-state index is -0.964. The Hall–Kier alpha value is -1.83. The van der Waals surface area contributed by atoms with Crippen molar-refractivity contribution < 1.29 is 28.7 Å². The van der Waals surface area contributed by atoms with Gasteiger partial charge in [0.15, 0.2) is 0 Å². The van der Waals surface area contributed by atoms with Crippen LogP contribution in [0.4, 0.5) is 4.79 Å². The predicted octanol–water partition coefficient (Wildman–Crippen LogP) is -0.127. The van der Waals surface area contributed by atoms with Gasteiger partial charge in [0.05, 0.1) is 0 Å². The SMILES string of the molecule is CC(=O)OCC1ONC(=O)[C@H]1NC(=O)OC(C)(C)C. The van der Waals surface area contributed by atoms with Crippen molar-refractivity contribution in [3.05, 3.63) is 0 Å². The molecule has 0 bridgehead atoms. The molecule has 1 aliphatic heterocycles.